The number of aromatic nitrogens is 6. The highest BCUT2D eigenvalue weighted by atomic mass is 19.1. The van der Waals surface area contributed by atoms with Gasteiger partial charge in [-0.25, -0.2) is 23.1 Å². The van der Waals surface area contributed by atoms with Gasteiger partial charge >= 0.3 is 0 Å². The molecule has 1 saturated carbocycles. The highest BCUT2D eigenvalue weighted by Crippen LogP contribution is 2.37. The monoisotopic (exact) mass is 424 g/mol. The molecule has 1 fully saturated rings. The molecule has 0 radical (unpaired) electrons. The van der Waals surface area contributed by atoms with Crippen molar-refractivity contribution in [2.45, 2.75) is 50.7 Å². The Kier molecular flexibility index (Phi) is 4.68. The summed E-state index contributed by atoms with van der Waals surface area (Å²) < 4.78 is 31.6. The van der Waals surface area contributed by atoms with Crippen LogP contribution in [0.2, 0.25) is 0 Å². The van der Waals surface area contributed by atoms with Crippen molar-refractivity contribution in [3.63, 3.8) is 0 Å². The van der Waals surface area contributed by atoms with Crippen LogP contribution < -0.4 is 5.56 Å². The van der Waals surface area contributed by atoms with Crippen molar-refractivity contribution in [1.29, 1.82) is 0 Å². The maximum Gasteiger partial charge on any atom is 0.262 e. The molecule has 0 spiro atoms. The van der Waals surface area contributed by atoms with Crippen LogP contribution in [0.3, 0.4) is 0 Å². The van der Waals surface area contributed by atoms with Crippen molar-refractivity contribution >= 4 is 11.0 Å². The standard InChI is InChI=1S/C22H22F2N6O/c1-22(24)7-5-16(6-8-22)30-20-17(13-26-30)21(31)28-19(27-20)12-14-11-15(23)3-4-18(14)29-10-2-9-25-29/h2-4,9-11,13,16H,5-8,12H2,1H3,(H,27,28,31). The normalized spacial score (nSPS) is 21.6. The molecule has 0 aliphatic heterocycles. The van der Waals surface area contributed by atoms with E-state index in [-0.39, 0.29) is 23.8 Å². The first-order valence-electron chi connectivity index (χ1n) is 10.3. The summed E-state index contributed by atoms with van der Waals surface area (Å²) in [5, 5.41) is 9.00. The molecule has 4 aromatic rings. The fraction of sp³-hybridized carbons (Fsp3) is 0.364. The Bertz CT molecular complexity index is 1280. The molecule has 1 aliphatic rings. The molecule has 31 heavy (non-hydrogen) atoms. The molecule has 1 N–H and O–H groups in total. The van der Waals surface area contributed by atoms with Gasteiger partial charge in [-0.2, -0.15) is 10.2 Å². The number of nitrogens with zero attached hydrogens (tertiary/aromatic N) is 5. The Morgan fingerprint density at radius 1 is 1.26 bits per heavy atom. The van der Waals surface area contributed by atoms with Crippen LogP contribution >= 0.6 is 0 Å². The number of rotatable bonds is 4. The number of fused-ring (bicyclic) bond motifs is 1. The summed E-state index contributed by atoms with van der Waals surface area (Å²) in [7, 11) is 0. The third-order valence-corrected chi connectivity index (χ3v) is 6.01. The predicted molar refractivity (Wildman–Crippen MR) is 111 cm³/mol. The first-order valence-corrected chi connectivity index (χ1v) is 10.3. The molecule has 9 heteroatoms. The molecule has 7 nitrogen and oxygen atoms in total. The van der Waals surface area contributed by atoms with Crippen LogP contribution in [0.4, 0.5) is 8.78 Å². The number of hydrogen-bond donors (Lipinski definition) is 1. The molecule has 3 heterocycles. The van der Waals surface area contributed by atoms with Gasteiger partial charge in [0.2, 0.25) is 0 Å². The maximum absolute atomic E-state index is 14.2. The summed E-state index contributed by atoms with van der Waals surface area (Å²) in [6.45, 7) is 1.63. The van der Waals surface area contributed by atoms with Crippen LogP contribution in [0.25, 0.3) is 16.7 Å². The van der Waals surface area contributed by atoms with Crippen LogP contribution in [0.1, 0.15) is 50.0 Å². The third kappa shape index (κ3) is 3.75. The maximum atomic E-state index is 14.2. The molecular formula is C22H22F2N6O. The first kappa shape index (κ1) is 19.6. The summed E-state index contributed by atoms with van der Waals surface area (Å²) in [6, 6.07) is 6.22. The molecule has 3 aromatic heterocycles. The quantitative estimate of drug-likeness (QED) is 0.539. The minimum Gasteiger partial charge on any atom is -0.310 e. The molecule has 1 aromatic carbocycles. The van der Waals surface area contributed by atoms with Crippen LogP contribution in [0, 0.1) is 5.82 Å². The summed E-state index contributed by atoms with van der Waals surface area (Å²) in [4.78, 5) is 20.1. The molecule has 0 amide bonds. The topological polar surface area (TPSA) is 81.4 Å². The third-order valence-electron chi connectivity index (χ3n) is 6.01. The van der Waals surface area contributed by atoms with E-state index in [1.807, 2.05) is 0 Å². The van der Waals surface area contributed by atoms with E-state index in [0.29, 0.717) is 53.8 Å². The first-order chi connectivity index (χ1) is 14.9. The van der Waals surface area contributed by atoms with Crippen molar-refractivity contribution in [3.8, 4) is 5.69 Å². The lowest BCUT2D eigenvalue weighted by Crippen LogP contribution is -2.28. The second-order valence-corrected chi connectivity index (χ2v) is 8.38. The van der Waals surface area contributed by atoms with Crippen molar-refractivity contribution < 1.29 is 8.78 Å². The fourth-order valence-electron chi connectivity index (χ4n) is 4.29. The van der Waals surface area contributed by atoms with Gasteiger partial charge in [0.25, 0.3) is 5.56 Å². The summed E-state index contributed by atoms with van der Waals surface area (Å²) in [5.74, 6) is 0.0280. The van der Waals surface area contributed by atoms with E-state index < -0.39 is 5.67 Å². The Morgan fingerprint density at radius 3 is 2.81 bits per heavy atom. The fourth-order valence-corrected chi connectivity index (χ4v) is 4.29. The Balaban J connectivity index is 1.52. The number of halogens is 2. The van der Waals surface area contributed by atoms with Crippen LogP contribution in [-0.2, 0) is 6.42 Å². The van der Waals surface area contributed by atoms with E-state index in [0.717, 1.165) is 0 Å². The summed E-state index contributed by atoms with van der Waals surface area (Å²) in [5.41, 5.74) is 0.369. The number of benzene rings is 1. The van der Waals surface area contributed by atoms with E-state index in [2.05, 4.69) is 20.2 Å². The van der Waals surface area contributed by atoms with Gasteiger partial charge in [-0.3, -0.25) is 4.79 Å². The van der Waals surface area contributed by atoms with Gasteiger partial charge in [0.15, 0.2) is 5.65 Å². The van der Waals surface area contributed by atoms with E-state index in [1.54, 1.807) is 40.8 Å². The van der Waals surface area contributed by atoms with E-state index >= 15 is 0 Å². The lowest BCUT2D eigenvalue weighted by atomic mass is 9.85. The van der Waals surface area contributed by atoms with Crippen LogP contribution in [0.5, 0.6) is 0 Å². The number of hydrogen-bond acceptors (Lipinski definition) is 4. The summed E-state index contributed by atoms with van der Waals surface area (Å²) in [6.07, 6.45) is 7.32. The molecule has 0 bridgehead atoms. The smallest absolute Gasteiger partial charge is 0.262 e. The van der Waals surface area contributed by atoms with Crippen molar-refractivity contribution in [3.05, 3.63) is 70.4 Å². The Labute approximate surface area is 176 Å². The molecule has 0 saturated heterocycles. The van der Waals surface area contributed by atoms with Gasteiger partial charge < -0.3 is 4.98 Å². The van der Waals surface area contributed by atoms with Crippen molar-refractivity contribution in [2.24, 2.45) is 0 Å². The van der Waals surface area contributed by atoms with E-state index in [9.17, 15) is 13.6 Å². The molecule has 160 valence electrons. The highest BCUT2D eigenvalue weighted by molar-refractivity contribution is 5.73. The number of alkyl halides is 1. The molecule has 0 atom stereocenters. The molecule has 5 rings (SSSR count). The van der Waals surface area contributed by atoms with Gasteiger partial charge in [0.1, 0.15) is 22.7 Å². The SMILES string of the molecule is CC1(F)CCC(n2ncc3c(=O)[nH]c(Cc4cc(F)ccc4-n4cccn4)nc32)CC1. The van der Waals surface area contributed by atoms with Gasteiger partial charge in [0, 0.05) is 18.8 Å². The highest BCUT2D eigenvalue weighted by Gasteiger charge is 2.32. The lowest BCUT2D eigenvalue weighted by Gasteiger charge is -2.31. The zero-order chi connectivity index (χ0) is 21.6. The molecular weight excluding hydrogens is 402 g/mol. The number of nitrogens with one attached hydrogen (secondary N) is 1. The number of aromatic amines is 1. The average molecular weight is 424 g/mol. The minimum atomic E-state index is -1.16. The van der Waals surface area contributed by atoms with Gasteiger partial charge in [-0.05, 0) is 62.4 Å². The second kappa shape index (κ2) is 7.40. The van der Waals surface area contributed by atoms with Crippen LogP contribution in [0.15, 0.2) is 47.7 Å². The summed E-state index contributed by atoms with van der Waals surface area (Å²) >= 11 is 0. The molecule has 0 unspecified atom stereocenters. The second-order valence-electron chi connectivity index (χ2n) is 8.38. The number of H-pyrrole nitrogens is 1. The predicted octanol–water partition coefficient (Wildman–Crippen LogP) is 3.88. The van der Waals surface area contributed by atoms with Crippen molar-refractivity contribution in [1.82, 2.24) is 29.5 Å². The van der Waals surface area contributed by atoms with E-state index in [1.165, 1.54) is 18.3 Å². The van der Waals surface area contributed by atoms with Gasteiger partial charge in [-0.1, -0.05) is 0 Å². The molecule has 1 aliphatic carbocycles. The Morgan fingerprint density at radius 2 is 2.06 bits per heavy atom. The zero-order valence-corrected chi connectivity index (χ0v) is 17.1. The van der Waals surface area contributed by atoms with Crippen molar-refractivity contribution in [2.75, 3.05) is 0 Å². The Hall–Kier alpha value is -3.36. The average Bonchev–Trinajstić information content (AvgIpc) is 3.39. The van der Waals surface area contributed by atoms with Crippen LogP contribution in [-0.4, -0.2) is 35.2 Å². The van der Waals surface area contributed by atoms with E-state index in [4.69, 9.17) is 0 Å². The van der Waals surface area contributed by atoms with Gasteiger partial charge in [0.05, 0.1) is 17.9 Å². The zero-order valence-electron chi connectivity index (χ0n) is 17.1. The lowest BCUT2D eigenvalue weighted by molar-refractivity contribution is 0.103. The largest absolute Gasteiger partial charge is 0.310 e. The minimum absolute atomic E-state index is 0.00252. The van der Waals surface area contributed by atoms with Gasteiger partial charge in [-0.15, -0.1) is 0 Å².